The fourth-order valence-corrected chi connectivity index (χ4v) is 2.85. The highest BCUT2D eigenvalue weighted by Gasteiger charge is 2.17. The van der Waals surface area contributed by atoms with Crippen LogP contribution in [-0.2, 0) is 11.2 Å². The smallest absolute Gasteiger partial charge is 0.277 e. The van der Waals surface area contributed by atoms with Crippen LogP contribution in [0.4, 0.5) is 0 Å². The molecule has 2 rings (SSSR count). The van der Waals surface area contributed by atoms with E-state index >= 15 is 0 Å². The van der Waals surface area contributed by atoms with Crippen molar-refractivity contribution >= 4 is 17.7 Å². The highest BCUT2D eigenvalue weighted by molar-refractivity contribution is 7.99. The van der Waals surface area contributed by atoms with Crippen molar-refractivity contribution in [2.45, 2.75) is 31.5 Å². The largest absolute Gasteiger partial charge is 0.414 e. The molecule has 1 heterocycles. The van der Waals surface area contributed by atoms with Crippen LogP contribution in [0.1, 0.15) is 31.3 Å². The van der Waals surface area contributed by atoms with Gasteiger partial charge in [0.2, 0.25) is 11.8 Å². The summed E-state index contributed by atoms with van der Waals surface area (Å²) in [7, 11) is 0. The lowest BCUT2D eigenvalue weighted by molar-refractivity contribution is -0.127. The summed E-state index contributed by atoms with van der Waals surface area (Å²) in [6, 6.07) is 9.57. The minimum absolute atomic E-state index is 0.0633. The van der Waals surface area contributed by atoms with E-state index in [1.54, 1.807) is 4.90 Å². The van der Waals surface area contributed by atoms with Crippen molar-refractivity contribution in [1.82, 2.24) is 15.1 Å². The SMILES string of the molecule is CCN(CC)C(=O)CSc1nnc([C@H](N)Cc2ccccc2)o1. The molecule has 0 aliphatic carbocycles. The van der Waals surface area contributed by atoms with Crippen LogP contribution in [-0.4, -0.2) is 39.8 Å². The molecule has 7 heteroatoms. The molecular formula is C16H22N4O2S. The Bertz CT molecular complexity index is 614. The van der Waals surface area contributed by atoms with Gasteiger partial charge in [-0.2, -0.15) is 0 Å². The maximum absolute atomic E-state index is 12.0. The van der Waals surface area contributed by atoms with Gasteiger partial charge in [-0.25, -0.2) is 0 Å². The molecule has 0 aliphatic heterocycles. The van der Waals surface area contributed by atoms with Crippen molar-refractivity contribution in [2.24, 2.45) is 5.73 Å². The minimum Gasteiger partial charge on any atom is -0.414 e. The lowest BCUT2D eigenvalue weighted by Gasteiger charge is -2.17. The first-order valence-electron chi connectivity index (χ1n) is 7.67. The first-order valence-corrected chi connectivity index (χ1v) is 8.66. The topological polar surface area (TPSA) is 85.2 Å². The number of nitrogens with two attached hydrogens (primary N) is 1. The summed E-state index contributed by atoms with van der Waals surface area (Å²) in [4.78, 5) is 13.7. The third-order valence-electron chi connectivity index (χ3n) is 3.47. The number of amides is 1. The fourth-order valence-electron chi connectivity index (χ4n) is 2.17. The van der Waals surface area contributed by atoms with E-state index in [1.165, 1.54) is 11.8 Å². The Balaban J connectivity index is 1.89. The second-order valence-electron chi connectivity index (χ2n) is 5.06. The third-order valence-corrected chi connectivity index (χ3v) is 4.28. The van der Waals surface area contributed by atoms with Gasteiger partial charge in [-0.05, 0) is 25.8 Å². The zero-order valence-electron chi connectivity index (χ0n) is 13.4. The number of carbonyl (C=O) groups is 1. The van der Waals surface area contributed by atoms with E-state index in [0.29, 0.717) is 30.6 Å². The van der Waals surface area contributed by atoms with E-state index in [2.05, 4.69) is 10.2 Å². The molecule has 6 nitrogen and oxygen atoms in total. The molecule has 0 unspecified atom stereocenters. The quantitative estimate of drug-likeness (QED) is 0.745. The average molecular weight is 334 g/mol. The maximum atomic E-state index is 12.0. The molecule has 23 heavy (non-hydrogen) atoms. The number of hydrogen-bond acceptors (Lipinski definition) is 6. The van der Waals surface area contributed by atoms with Gasteiger partial charge in [0, 0.05) is 13.1 Å². The molecule has 0 spiro atoms. The molecule has 124 valence electrons. The fraction of sp³-hybridized carbons (Fsp3) is 0.438. The van der Waals surface area contributed by atoms with Crippen molar-refractivity contribution in [2.75, 3.05) is 18.8 Å². The van der Waals surface area contributed by atoms with Crippen LogP contribution in [0, 0.1) is 0 Å². The van der Waals surface area contributed by atoms with Gasteiger partial charge >= 0.3 is 0 Å². The van der Waals surface area contributed by atoms with E-state index in [1.807, 2.05) is 44.2 Å². The van der Waals surface area contributed by atoms with Gasteiger partial charge in [-0.1, -0.05) is 42.1 Å². The lowest BCUT2D eigenvalue weighted by Crippen LogP contribution is -2.31. The predicted molar refractivity (Wildman–Crippen MR) is 90.0 cm³/mol. The lowest BCUT2D eigenvalue weighted by atomic mass is 10.1. The number of nitrogens with zero attached hydrogens (tertiary/aromatic N) is 3. The molecule has 1 aromatic carbocycles. The van der Waals surface area contributed by atoms with Crippen molar-refractivity contribution in [3.63, 3.8) is 0 Å². The third kappa shape index (κ3) is 5.07. The van der Waals surface area contributed by atoms with Gasteiger partial charge in [-0.15, -0.1) is 10.2 Å². The molecule has 2 aromatic rings. The first kappa shape index (κ1) is 17.5. The maximum Gasteiger partial charge on any atom is 0.277 e. The molecule has 0 aliphatic rings. The summed E-state index contributed by atoms with van der Waals surface area (Å²) >= 11 is 1.25. The highest BCUT2D eigenvalue weighted by atomic mass is 32.2. The van der Waals surface area contributed by atoms with Gasteiger partial charge < -0.3 is 15.1 Å². The molecule has 0 saturated heterocycles. The van der Waals surface area contributed by atoms with Gasteiger partial charge in [0.1, 0.15) is 0 Å². The summed E-state index contributed by atoms with van der Waals surface area (Å²) in [6.07, 6.45) is 0.630. The van der Waals surface area contributed by atoms with Crippen LogP contribution in [0.3, 0.4) is 0 Å². The zero-order valence-corrected chi connectivity index (χ0v) is 14.3. The second-order valence-corrected chi connectivity index (χ2v) is 5.98. The van der Waals surface area contributed by atoms with Crippen LogP contribution < -0.4 is 5.73 Å². The Morgan fingerprint density at radius 3 is 2.61 bits per heavy atom. The number of rotatable bonds is 8. The van der Waals surface area contributed by atoms with Crippen LogP contribution in [0.15, 0.2) is 40.0 Å². The Morgan fingerprint density at radius 1 is 1.26 bits per heavy atom. The zero-order chi connectivity index (χ0) is 16.7. The monoisotopic (exact) mass is 334 g/mol. The summed E-state index contributed by atoms with van der Waals surface area (Å²) in [6.45, 7) is 5.32. The molecule has 1 amide bonds. The number of hydrogen-bond donors (Lipinski definition) is 1. The summed E-state index contributed by atoms with van der Waals surface area (Å²) < 4.78 is 5.56. The van der Waals surface area contributed by atoms with Gasteiger partial charge in [0.25, 0.3) is 5.22 Å². The molecule has 2 N–H and O–H groups in total. The number of benzene rings is 1. The summed E-state index contributed by atoms with van der Waals surface area (Å²) in [5.41, 5.74) is 7.22. The average Bonchev–Trinajstić information content (AvgIpc) is 3.04. The van der Waals surface area contributed by atoms with E-state index < -0.39 is 0 Å². The van der Waals surface area contributed by atoms with E-state index in [-0.39, 0.29) is 17.7 Å². The molecule has 0 fully saturated rings. The second kappa shape index (κ2) is 8.69. The van der Waals surface area contributed by atoms with Gasteiger partial charge in [-0.3, -0.25) is 4.79 Å². The van der Waals surface area contributed by atoms with Crippen LogP contribution in [0.2, 0.25) is 0 Å². The Labute approximate surface area is 140 Å². The molecule has 0 radical (unpaired) electrons. The van der Waals surface area contributed by atoms with Gasteiger partial charge in [0.15, 0.2) is 0 Å². The van der Waals surface area contributed by atoms with Gasteiger partial charge in [0.05, 0.1) is 11.8 Å². The Hall–Kier alpha value is -1.86. The van der Waals surface area contributed by atoms with Crippen LogP contribution in [0.25, 0.3) is 0 Å². The van der Waals surface area contributed by atoms with Crippen molar-refractivity contribution in [3.8, 4) is 0 Å². The summed E-state index contributed by atoms with van der Waals surface area (Å²) in [5, 5.41) is 8.32. The normalized spacial score (nSPS) is 12.1. The van der Waals surface area contributed by atoms with E-state index in [9.17, 15) is 4.79 Å². The van der Waals surface area contributed by atoms with E-state index in [4.69, 9.17) is 10.2 Å². The molecule has 0 bridgehead atoms. The molecule has 1 atom stereocenters. The van der Waals surface area contributed by atoms with E-state index in [0.717, 1.165) is 5.56 Å². The Kier molecular flexibility index (Phi) is 6.61. The van der Waals surface area contributed by atoms with Crippen LogP contribution >= 0.6 is 11.8 Å². The molecule has 0 saturated carbocycles. The standard InChI is InChI=1S/C16H22N4O2S/c1-3-20(4-2)14(21)11-23-16-19-18-15(22-16)13(17)10-12-8-6-5-7-9-12/h5-9,13H,3-4,10-11,17H2,1-2H3/t13-/m1/s1. The van der Waals surface area contributed by atoms with Crippen molar-refractivity contribution in [1.29, 1.82) is 0 Å². The van der Waals surface area contributed by atoms with Crippen LogP contribution in [0.5, 0.6) is 0 Å². The molecular weight excluding hydrogens is 312 g/mol. The highest BCUT2D eigenvalue weighted by Crippen LogP contribution is 2.21. The number of carbonyl (C=O) groups excluding carboxylic acids is 1. The predicted octanol–water partition coefficient (Wildman–Crippen LogP) is 2.27. The number of aromatic nitrogens is 2. The summed E-state index contributed by atoms with van der Waals surface area (Å²) in [5.74, 6) is 0.747. The van der Waals surface area contributed by atoms with Crippen molar-refractivity contribution < 1.29 is 9.21 Å². The first-order chi connectivity index (χ1) is 11.1. The molecule has 1 aromatic heterocycles. The number of thioether (sulfide) groups is 1. The minimum atomic E-state index is -0.349. The Morgan fingerprint density at radius 2 is 1.96 bits per heavy atom. The van der Waals surface area contributed by atoms with Crippen molar-refractivity contribution in [3.05, 3.63) is 41.8 Å².